The van der Waals surface area contributed by atoms with Crippen molar-refractivity contribution in [3.63, 3.8) is 0 Å². The molecule has 1 fully saturated rings. The number of thiol groups is 1. The Hall–Kier alpha value is 0.310. The minimum absolute atomic E-state index is 0.144. The lowest BCUT2D eigenvalue weighted by Crippen LogP contribution is -2.53. The monoisotopic (exact) mass is 257 g/mol. The molecule has 1 aliphatic rings. The van der Waals surface area contributed by atoms with E-state index in [0.717, 1.165) is 11.8 Å². The van der Waals surface area contributed by atoms with Gasteiger partial charge in [-0.15, -0.1) is 0 Å². The van der Waals surface area contributed by atoms with E-state index < -0.39 is 0 Å². The quantitative estimate of drug-likeness (QED) is 0.743. The fourth-order valence-corrected chi connectivity index (χ4v) is 4.02. The highest BCUT2D eigenvalue weighted by Crippen LogP contribution is 2.48. The number of likely N-dealkylation sites (tertiary alicyclic amines) is 1. The second-order valence-corrected chi connectivity index (χ2v) is 8.05. The topological polar surface area (TPSA) is 3.24 Å². The third-order valence-electron chi connectivity index (χ3n) is 4.78. The average molecular weight is 257 g/mol. The zero-order valence-corrected chi connectivity index (χ0v) is 13.5. The molecule has 0 spiro atoms. The molecular weight excluding hydrogens is 226 g/mol. The van der Waals surface area contributed by atoms with Crippen LogP contribution in [0.5, 0.6) is 0 Å². The first-order chi connectivity index (χ1) is 7.70. The molecule has 1 saturated heterocycles. The van der Waals surface area contributed by atoms with Crippen molar-refractivity contribution in [2.75, 3.05) is 20.1 Å². The van der Waals surface area contributed by atoms with Crippen LogP contribution in [0.4, 0.5) is 0 Å². The summed E-state index contributed by atoms with van der Waals surface area (Å²) >= 11 is 5.06. The first-order valence-electron chi connectivity index (χ1n) is 7.11. The molecule has 0 bridgehead atoms. The Morgan fingerprint density at radius 1 is 1.53 bits per heavy atom. The number of rotatable bonds is 4. The fraction of sp³-hybridized carbons (Fsp3) is 1.00. The van der Waals surface area contributed by atoms with Crippen molar-refractivity contribution in [2.24, 2.45) is 17.3 Å². The van der Waals surface area contributed by atoms with Crippen LogP contribution >= 0.6 is 12.6 Å². The summed E-state index contributed by atoms with van der Waals surface area (Å²) in [6, 6.07) is 0. The number of piperidine rings is 1. The number of hydrogen-bond acceptors (Lipinski definition) is 2. The molecule has 0 saturated carbocycles. The molecule has 102 valence electrons. The maximum atomic E-state index is 5.06. The molecule has 0 amide bonds. The van der Waals surface area contributed by atoms with E-state index >= 15 is 0 Å². The van der Waals surface area contributed by atoms with Crippen LogP contribution in [-0.2, 0) is 0 Å². The van der Waals surface area contributed by atoms with Gasteiger partial charge in [-0.2, -0.15) is 12.6 Å². The molecule has 2 heteroatoms. The second-order valence-electron chi connectivity index (χ2n) is 7.06. The van der Waals surface area contributed by atoms with E-state index in [1.807, 2.05) is 0 Å². The molecule has 4 unspecified atom stereocenters. The lowest BCUT2D eigenvalue weighted by atomic mass is 9.66. The van der Waals surface area contributed by atoms with Crippen LogP contribution in [-0.4, -0.2) is 29.8 Å². The van der Waals surface area contributed by atoms with Gasteiger partial charge in [0.25, 0.3) is 0 Å². The molecule has 0 N–H and O–H groups in total. The van der Waals surface area contributed by atoms with Crippen LogP contribution < -0.4 is 0 Å². The molecule has 0 aromatic heterocycles. The smallest absolute Gasteiger partial charge is 0.0170 e. The lowest BCUT2D eigenvalue weighted by Gasteiger charge is -2.51. The molecule has 1 rings (SSSR count). The van der Waals surface area contributed by atoms with Gasteiger partial charge in [0.15, 0.2) is 0 Å². The normalized spacial score (nSPS) is 36.5. The highest BCUT2D eigenvalue weighted by atomic mass is 32.1. The van der Waals surface area contributed by atoms with E-state index in [9.17, 15) is 0 Å². The Bertz CT molecular complexity index is 239. The molecule has 4 atom stereocenters. The number of nitrogens with zero attached hydrogens (tertiary/aromatic N) is 1. The van der Waals surface area contributed by atoms with E-state index in [0.29, 0.717) is 5.41 Å². The van der Waals surface area contributed by atoms with Crippen molar-refractivity contribution in [1.29, 1.82) is 0 Å². The minimum Gasteiger partial charge on any atom is -0.306 e. The zero-order chi connectivity index (χ0) is 13.3. The first kappa shape index (κ1) is 15.4. The average Bonchev–Trinajstić information content (AvgIpc) is 2.14. The molecule has 0 aromatic rings. The highest BCUT2D eigenvalue weighted by Gasteiger charge is 2.45. The van der Waals surface area contributed by atoms with Gasteiger partial charge in [-0.05, 0) is 37.1 Å². The molecule has 0 radical (unpaired) electrons. The van der Waals surface area contributed by atoms with Crippen molar-refractivity contribution >= 4 is 12.6 Å². The predicted molar refractivity (Wildman–Crippen MR) is 80.8 cm³/mol. The third-order valence-corrected chi connectivity index (χ3v) is 5.51. The molecule has 0 aliphatic carbocycles. The van der Waals surface area contributed by atoms with Gasteiger partial charge in [0.1, 0.15) is 0 Å². The Morgan fingerprint density at radius 2 is 2.12 bits per heavy atom. The van der Waals surface area contributed by atoms with Gasteiger partial charge in [-0.1, -0.05) is 41.0 Å². The minimum atomic E-state index is 0.144. The zero-order valence-electron chi connectivity index (χ0n) is 12.6. The molecule has 1 aliphatic heterocycles. The van der Waals surface area contributed by atoms with Gasteiger partial charge < -0.3 is 4.90 Å². The van der Waals surface area contributed by atoms with Gasteiger partial charge in [0, 0.05) is 17.8 Å². The van der Waals surface area contributed by atoms with Gasteiger partial charge in [0.2, 0.25) is 0 Å². The van der Waals surface area contributed by atoms with Crippen molar-refractivity contribution in [3.05, 3.63) is 0 Å². The van der Waals surface area contributed by atoms with E-state index in [1.165, 1.54) is 32.4 Å². The molecule has 0 aromatic carbocycles. The Morgan fingerprint density at radius 3 is 2.59 bits per heavy atom. The summed E-state index contributed by atoms with van der Waals surface area (Å²) < 4.78 is 0.144. The molecular formula is C15H31NS. The van der Waals surface area contributed by atoms with Gasteiger partial charge in [-0.25, -0.2) is 0 Å². The summed E-state index contributed by atoms with van der Waals surface area (Å²) in [7, 11) is 2.25. The van der Waals surface area contributed by atoms with Crippen LogP contribution in [0.15, 0.2) is 0 Å². The summed E-state index contributed by atoms with van der Waals surface area (Å²) in [6.45, 7) is 14.2. The largest absolute Gasteiger partial charge is 0.306 e. The van der Waals surface area contributed by atoms with E-state index in [2.05, 4.69) is 46.6 Å². The lowest BCUT2D eigenvalue weighted by molar-refractivity contribution is 0.0492. The summed E-state index contributed by atoms with van der Waals surface area (Å²) in [4.78, 5) is 2.49. The van der Waals surface area contributed by atoms with Crippen LogP contribution in [0.3, 0.4) is 0 Å². The summed E-state index contributed by atoms with van der Waals surface area (Å²) in [5.41, 5.74) is 0.339. The van der Waals surface area contributed by atoms with Crippen LogP contribution in [0, 0.1) is 17.3 Å². The van der Waals surface area contributed by atoms with Crippen molar-refractivity contribution in [1.82, 2.24) is 4.90 Å². The standard InChI is InChI=1S/C15H31NS/c1-7-12(2)9-15(5,17)14(4)8-13(3)10-16(6)11-14/h12-13,17H,7-11H2,1-6H3. The number of hydrogen-bond donors (Lipinski definition) is 1. The Balaban J connectivity index is 2.79. The van der Waals surface area contributed by atoms with Crippen molar-refractivity contribution in [3.8, 4) is 0 Å². The van der Waals surface area contributed by atoms with Crippen LogP contribution in [0.25, 0.3) is 0 Å². The van der Waals surface area contributed by atoms with Gasteiger partial charge in [-0.3, -0.25) is 0 Å². The fourth-order valence-electron chi connectivity index (χ4n) is 3.55. The van der Waals surface area contributed by atoms with Gasteiger partial charge >= 0.3 is 0 Å². The summed E-state index contributed by atoms with van der Waals surface area (Å²) in [5.74, 6) is 1.57. The van der Waals surface area contributed by atoms with E-state index in [1.54, 1.807) is 0 Å². The predicted octanol–water partition coefficient (Wildman–Crippen LogP) is 4.09. The third kappa shape index (κ3) is 3.64. The SMILES string of the molecule is CCC(C)CC(C)(S)C1(C)CC(C)CN(C)C1. The summed E-state index contributed by atoms with van der Waals surface area (Å²) in [6.07, 6.45) is 3.80. The molecule has 17 heavy (non-hydrogen) atoms. The summed E-state index contributed by atoms with van der Waals surface area (Å²) in [5, 5.41) is 0. The Labute approximate surface area is 114 Å². The maximum absolute atomic E-state index is 5.06. The van der Waals surface area contributed by atoms with E-state index in [4.69, 9.17) is 12.6 Å². The Kier molecular flexibility index (Phi) is 4.99. The van der Waals surface area contributed by atoms with Crippen molar-refractivity contribution in [2.45, 2.75) is 58.6 Å². The molecule has 1 heterocycles. The van der Waals surface area contributed by atoms with Crippen LogP contribution in [0.1, 0.15) is 53.9 Å². The highest BCUT2D eigenvalue weighted by molar-refractivity contribution is 7.81. The van der Waals surface area contributed by atoms with Gasteiger partial charge in [0.05, 0.1) is 0 Å². The maximum Gasteiger partial charge on any atom is 0.0170 e. The molecule has 1 nitrogen and oxygen atoms in total. The van der Waals surface area contributed by atoms with E-state index in [-0.39, 0.29) is 4.75 Å². The second kappa shape index (κ2) is 5.52. The first-order valence-corrected chi connectivity index (χ1v) is 7.56. The van der Waals surface area contributed by atoms with Crippen molar-refractivity contribution < 1.29 is 0 Å². The van der Waals surface area contributed by atoms with Crippen LogP contribution in [0.2, 0.25) is 0 Å².